The summed E-state index contributed by atoms with van der Waals surface area (Å²) in [6, 6.07) is 6.82. The molecule has 1 aliphatic rings. The molecule has 0 amide bonds. The van der Waals surface area contributed by atoms with Crippen LogP contribution >= 0.6 is 0 Å². The number of benzene rings is 1. The van der Waals surface area contributed by atoms with Gasteiger partial charge in [0.25, 0.3) is 5.92 Å². The molecular formula is C10H10F2O. The van der Waals surface area contributed by atoms with Gasteiger partial charge in [-0.2, -0.15) is 0 Å². The molecule has 0 aromatic heterocycles. The fourth-order valence-electron chi connectivity index (χ4n) is 1.41. The van der Waals surface area contributed by atoms with Crippen LogP contribution in [-0.2, 0) is 0 Å². The first kappa shape index (κ1) is 8.48. The fraction of sp³-hybridized carbons (Fsp3) is 0.400. The van der Waals surface area contributed by atoms with Crippen LogP contribution in [0.5, 0.6) is 5.75 Å². The summed E-state index contributed by atoms with van der Waals surface area (Å²) >= 11 is 0. The van der Waals surface area contributed by atoms with Gasteiger partial charge in [0.15, 0.2) is 0 Å². The summed E-state index contributed by atoms with van der Waals surface area (Å²) in [6.45, 7) is 0. The molecule has 1 aromatic carbocycles. The predicted molar refractivity (Wildman–Crippen MR) is 45.3 cm³/mol. The van der Waals surface area contributed by atoms with Crippen LogP contribution in [0.3, 0.4) is 0 Å². The Bertz CT molecular complexity index is 305. The lowest BCUT2D eigenvalue weighted by Crippen LogP contribution is -1.92. The van der Waals surface area contributed by atoms with E-state index in [2.05, 4.69) is 0 Å². The largest absolute Gasteiger partial charge is 0.497 e. The Balaban J connectivity index is 2.16. The van der Waals surface area contributed by atoms with Crippen molar-refractivity contribution in [2.24, 2.45) is 0 Å². The maximum absolute atomic E-state index is 12.6. The van der Waals surface area contributed by atoms with Crippen LogP contribution in [0, 0.1) is 0 Å². The third kappa shape index (κ3) is 1.50. The number of alkyl halides is 2. The highest BCUT2D eigenvalue weighted by Crippen LogP contribution is 2.55. The van der Waals surface area contributed by atoms with Gasteiger partial charge >= 0.3 is 0 Å². The molecule has 0 saturated heterocycles. The van der Waals surface area contributed by atoms with Crippen molar-refractivity contribution in [1.82, 2.24) is 0 Å². The van der Waals surface area contributed by atoms with E-state index in [9.17, 15) is 8.78 Å². The number of hydrogen-bond donors (Lipinski definition) is 0. The van der Waals surface area contributed by atoms with Gasteiger partial charge < -0.3 is 4.74 Å². The van der Waals surface area contributed by atoms with E-state index < -0.39 is 11.8 Å². The maximum Gasteiger partial charge on any atom is 0.255 e. The second-order valence-electron chi connectivity index (χ2n) is 3.29. The predicted octanol–water partition coefficient (Wildman–Crippen LogP) is 2.82. The van der Waals surface area contributed by atoms with E-state index in [1.165, 1.54) is 0 Å². The lowest BCUT2D eigenvalue weighted by atomic mass is 10.1. The summed E-state index contributed by atoms with van der Waals surface area (Å²) in [5.74, 6) is -2.35. The van der Waals surface area contributed by atoms with Crippen LogP contribution < -0.4 is 4.74 Å². The fourth-order valence-corrected chi connectivity index (χ4v) is 1.41. The van der Waals surface area contributed by atoms with Crippen molar-refractivity contribution in [1.29, 1.82) is 0 Å². The number of ether oxygens (including phenoxy) is 1. The average molecular weight is 184 g/mol. The molecule has 70 valence electrons. The molecule has 1 aliphatic carbocycles. The van der Waals surface area contributed by atoms with Crippen LogP contribution in [0.2, 0.25) is 0 Å². The van der Waals surface area contributed by atoms with Gasteiger partial charge in [0.2, 0.25) is 0 Å². The number of hydrogen-bond acceptors (Lipinski definition) is 1. The maximum atomic E-state index is 12.6. The van der Waals surface area contributed by atoms with Gasteiger partial charge in [0, 0.05) is 6.42 Å². The first-order valence-corrected chi connectivity index (χ1v) is 4.15. The van der Waals surface area contributed by atoms with Crippen LogP contribution in [0.4, 0.5) is 8.78 Å². The molecule has 0 aliphatic heterocycles. The molecule has 1 aromatic rings. The Kier molecular flexibility index (Phi) is 1.75. The van der Waals surface area contributed by atoms with Crippen molar-refractivity contribution in [3.05, 3.63) is 29.8 Å². The number of rotatable bonds is 2. The van der Waals surface area contributed by atoms with Gasteiger partial charge in [-0.1, -0.05) is 12.1 Å². The molecule has 0 radical (unpaired) electrons. The second kappa shape index (κ2) is 2.69. The zero-order valence-corrected chi connectivity index (χ0v) is 7.26. The molecule has 0 spiro atoms. The lowest BCUT2D eigenvalue weighted by Gasteiger charge is -2.01. The van der Waals surface area contributed by atoms with E-state index in [1.54, 1.807) is 31.4 Å². The third-order valence-corrected chi connectivity index (χ3v) is 2.34. The van der Waals surface area contributed by atoms with Crippen molar-refractivity contribution < 1.29 is 13.5 Å². The topological polar surface area (TPSA) is 9.23 Å². The van der Waals surface area contributed by atoms with E-state index in [1.807, 2.05) is 0 Å². The Morgan fingerprint density at radius 2 is 1.85 bits per heavy atom. The minimum atomic E-state index is -2.48. The summed E-state index contributed by atoms with van der Waals surface area (Å²) < 4.78 is 30.2. The van der Waals surface area contributed by atoms with Gasteiger partial charge in [-0.3, -0.25) is 0 Å². The number of methoxy groups -OCH3 is 1. The molecular weight excluding hydrogens is 174 g/mol. The monoisotopic (exact) mass is 184 g/mol. The molecule has 1 unspecified atom stereocenters. The van der Waals surface area contributed by atoms with Gasteiger partial charge in [-0.25, -0.2) is 8.78 Å². The first-order chi connectivity index (χ1) is 6.13. The minimum Gasteiger partial charge on any atom is -0.497 e. The highest BCUT2D eigenvalue weighted by atomic mass is 19.3. The summed E-state index contributed by atoms with van der Waals surface area (Å²) in [7, 11) is 1.56. The molecule has 1 saturated carbocycles. The van der Waals surface area contributed by atoms with Crippen LogP contribution in [-0.4, -0.2) is 13.0 Å². The minimum absolute atomic E-state index is 0.0146. The Hall–Kier alpha value is -1.12. The normalized spacial score (nSPS) is 24.1. The van der Waals surface area contributed by atoms with Crippen molar-refractivity contribution in [2.75, 3.05) is 7.11 Å². The summed E-state index contributed by atoms with van der Waals surface area (Å²) in [6.07, 6.45) is -0.0146. The van der Waals surface area contributed by atoms with Crippen molar-refractivity contribution in [3.8, 4) is 5.75 Å². The highest BCUT2D eigenvalue weighted by Gasteiger charge is 2.57. The van der Waals surface area contributed by atoms with Crippen LogP contribution in [0.15, 0.2) is 24.3 Å². The summed E-state index contributed by atoms with van der Waals surface area (Å²) in [5, 5.41) is 0. The smallest absolute Gasteiger partial charge is 0.255 e. The van der Waals surface area contributed by atoms with Gasteiger partial charge in [-0.05, 0) is 17.7 Å². The molecule has 0 N–H and O–H groups in total. The summed E-state index contributed by atoms with van der Waals surface area (Å²) in [4.78, 5) is 0. The molecule has 0 bridgehead atoms. The Labute approximate surface area is 75.3 Å². The molecule has 1 atom stereocenters. The molecule has 2 rings (SSSR count). The quantitative estimate of drug-likeness (QED) is 0.686. The summed E-state index contributed by atoms with van der Waals surface area (Å²) in [5.41, 5.74) is 0.700. The molecule has 13 heavy (non-hydrogen) atoms. The van der Waals surface area contributed by atoms with Gasteiger partial charge in [0.1, 0.15) is 5.75 Å². The SMILES string of the molecule is COc1ccc(C2CC2(F)F)cc1. The van der Waals surface area contributed by atoms with E-state index in [0.29, 0.717) is 11.3 Å². The van der Waals surface area contributed by atoms with Gasteiger partial charge in [0.05, 0.1) is 13.0 Å². The number of halogens is 2. The van der Waals surface area contributed by atoms with E-state index in [-0.39, 0.29) is 6.42 Å². The van der Waals surface area contributed by atoms with Crippen molar-refractivity contribution in [3.63, 3.8) is 0 Å². The van der Waals surface area contributed by atoms with Gasteiger partial charge in [-0.15, -0.1) is 0 Å². The Morgan fingerprint density at radius 1 is 1.31 bits per heavy atom. The van der Waals surface area contributed by atoms with E-state index in [4.69, 9.17) is 4.74 Å². The molecule has 1 nitrogen and oxygen atoms in total. The first-order valence-electron chi connectivity index (χ1n) is 4.15. The average Bonchev–Trinajstić information content (AvgIpc) is 2.76. The molecule has 3 heteroatoms. The zero-order chi connectivity index (χ0) is 9.47. The standard InChI is InChI=1S/C10H10F2O/c1-13-8-4-2-7(3-5-8)9-6-10(9,11)12/h2-5,9H,6H2,1H3. The second-order valence-corrected chi connectivity index (χ2v) is 3.29. The van der Waals surface area contributed by atoms with Crippen LogP contribution in [0.25, 0.3) is 0 Å². The lowest BCUT2D eigenvalue weighted by molar-refractivity contribution is 0.112. The Morgan fingerprint density at radius 3 is 2.23 bits per heavy atom. The molecule has 0 heterocycles. The van der Waals surface area contributed by atoms with Crippen molar-refractivity contribution in [2.45, 2.75) is 18.3 Å². The molecule has 1 fully saturated rings. The zero-order valence-electron chi connectivity index (χ0n) is 7.26. The van der Waals surface area contributed by atoms with E-state index >= 15 is 0 Å². The third-order valence-electron chi connectivity index (χ3n) is 2.34. The van der Waals surface area contributed by atoms with Crippen molar-refractivity contribution >= 4 is 0 Å². The van der Waals surface area contributed by atoms with Crippen LogP contribution in [0.1, 0.15) is 17.9 Å². The van der Waals surface area contributed by atoms with E-state index in [0.717, 1.165) is 0 Å². The highest BCUT2D eigenvalue weighted by molar-refractivity contribution is 5.34.